The molecule has 4 nitrogen and oxygen atoms in total. The quantitative estimate of drug-likeness (QED) is 0.931. The lowest BCUT2D eigenvalue weighted by atomic mass is 9.88. The van der Waals surface area contributed by atoms with Gasteiger partial charge in [0.25, 0.3) is 0 Å². The molecule has 0 amide bonds. The largest absolute Gasteiger partial charge is 0.352 e. The van der Waals surface area contributed by atoms with E-state index in [9.17, 15) is 0 Å². The van der Waals surface area contributed by atoms with Gasteiger partial charge in [0.1, 0.15) is 0 Å². The second kappa shape index (κ2) is 5.41. The van der Waals surface area contributed by atoms with Crippen LogP contribution in [0.1, 0.15) is 32.1 Å². The molecule has 1 fully saturated rings. The molecular weight excluding hydrogens is 256 g/mol. The molecule has 102 valence electrons. The summed E-state index contributed by atoms with van der Waals surface area (Å²) < 4.78 is 2.19. The fourth-order valence-electron chi connectivity index (χ4n) is 2.80. The molecule has 1 saturated carbocycles. The predicted molar refractivity (Wildman–Crippen MR) is 80.8 cm³/mol. The van der Waals surface area contributed by atoms with Crippen molar-refractivity contribution in [3.63, 3.8) is 0 Å². The van der Waals surface area contributed by atoms with E-state index in [0.29, 0.717) is 4.75 Å². The van der Waals surface area contributed by atoms with Gasteiger partial charge in [-0.3, -0.25) is 0 Å². The molecule has 2 heterocycles. The van der Waals surface area contributed by atoms with Gasteiger partial charge in [-0.25, -0.2) is 4.52 Å². The number of rotatable bonds is 4. The molecule has 1 N–H and O–H groups in total. The van der Waals surface area contributed by atoms with Crippen LogP contribution in [0.4, 0.5) is 5.95 Å². The lowest BCUT2D eigenvalue weighted by Crippen LogP contribution is -2.35. The van der Waals surface area contributed by atoms with Crippen LogP contribution in [0.3, 0.4) is 0 Å². The Bertz CT molecular complexity index is 512. The standard InChI is InChI=1S/C14H20N4S/c1-19-14(8-4-2-5-9-14)11-15-13-16-12-7-3-6-10-18(12)17-13/h3,6-7,10H,2,4-5,8-9,11H2,1H3,(H,15,17). The minimum atomic E-state index is 0.371. The Morgan fingerprint density at radius 3 is 2.89 bits per heavy atom. The first-order chi connectivity index (χ1) is 9.31. The maximum absolute atomic E-state index is 4.49. The second-order valence-corrected chi connectivity index (χ2v) is 6.51. The Hall–Kier alpha value is -1.23. The first-order valence-corrected chi connectivity index (χ1v) is 8.14. The highest BCUT2D eigenvalue weighted by molar-refractivity contribution is 8.00. The maximum Gasteiger partial charge on any atom is 0.243 e. The summed E-state index contributed by atoms with van der Waals surface area (Å²) in [6, 6.07) is 5.93. The van der Waals surface area contributed by atoms with Gasteiger partial charge >= 0.3 is 0 Å². The van der Waals surface area contributed by atoms with Crippen LogP contribution >= 0.6 is 11.8 Å². The van der Waals surface area contributed by atoms with Crippen LogP contribution in [0.15, 0.2) is 24.4 Å². The van der Waals surface area contributed by atoms with Crippen LogP contribution in [0.2, 0.25) is 0 Å². The summed E-state index contributed by atoms with van der Waals surface area (Å²) in [6.45, 7) is 0.963. The van der Waals surface area contributed by atoms with Gasteiger partial charge in [-0.2, -0.15) is 16.7 Å². The number of hydrogen-bond donors (Lipinski definition) is 1. The van der Waals surface area contributed by atoms with Crippen LogP contribution < -0.4 is 5.32 Å². The third-order valence-corrected chi connectivity index (χ3v) is 5.43. The molecule has 0 aliphatic heterocycles. The van der Waals surface area contributed by atoms with Gasteiger partial charge in [0, 0.05) is 17.5 Å². The first-order valence-electron chi connectivity index (χ1n) is 6.92. The fraction of sp³-hybridized carbons (Fsp3) is 0.571. The van der Waals surface area contributed by atoms with E-state index in [2.05, 4.69) is 21.7 Å². The van der Waals surface area contributed by atoms with Crippen LogP contribution in [0.25, 0.3) is 5.65 Å². The molecule has 1 aliphatic carbocycles. The topological polar surface area (TPSA) is 42.2 Å². The number of nitrogens with one attached hydrogen (secondary N) is 1. The van der Waals surface area contributed by atoms with Gasteiger partial charge in [0.15, 0.2) is 5.65 Å². The van der Waals surface area contributed by atoms with E-state index >= 15 is 0 Å². The minimum Gasteiger partial charge on any atom is -0.352 e. The van der Waals surface area contributed by atoms with Crippen LogP contribution in [-0.4, -0.2) is 32.1 Å². The van der Waals surface area contributed by atoms with Crippen molar-refractivity contribution in [1.82, 2.24) is 14.6 Å². The Kier molecular flexibility index (Phi) is 3.64. The Balaban J connectivity index is 1.70. The number of thioether (sulfide) groups is 1. The molecule has 0 bridgehead atoms. The van der Waals surface area contributed by atoms with Gasteiger partial charge in [0.05, 0.1) is 0 Å². The van der Waals surface area contributed by atoms with Crippen molar-refractivity contribution >= 4 is 23.4 Å². The molecule has 19 heavy (non-hydrogen) atoms. The molecule has 5 heteroatoms. The Labute approximate surface area is 118 Å². The van der Waals surface area contributed by atoms with Crippen molar-refractivity contribution in [1.29, 1.82) is 0 Å². The van der Waals surface area contributed by atoms with Crippen molar-refractivity contribution in [2.45, 2.75) is 36.9 Å². The van der Waals surface area contributed by atoms with Gasteiger partial charge in [-0.05, 0) is 31.2 Å². The lowest BCUT2D eigenvalue weighted by molar-refractivity contribution is 0.411. The highest BCUT2D eigenvalue weighted by atomic mass is 32.2. The minimum absolute atomic E-state index is 0.371. The van der Waals surface area contributed by atoms with Crippen molar-refractivity contribution in [3.05, 3.63) is 24.4 Å². The van der Waals surface area contributed by atoms with Gasteiger partial charge in [-0.15, -0.1) is 5.10 Å². The van der Waals surface area contributed by atoms with Crippen molar-refractivity contribution in [2.75, 3.05) is 18.1 Å². The van der Waals surface area contributed by atoms with Gasteiger partial charge in [-0.1, -0.05) is 25.3 Å². The molecule has 0 saturated heterocycles. The smallest absolute Gasteiger partial charge is 0.243 e. The first kappa shape index (κ1) is 12.8. The summed E-state index contributed by atoms with van der Waals surface area (Å²) in [6.07, 6.45) is 10.8. The normalized spacial score (nSPS) is 18.6. The molecule has 0 spiro atoms. The predicted octanol–water partition coefficient (Wildman–Crippen LogP) is 3.21. The fourth-order valence-corrected chi connectivity index (χ4v) is 3.71. The average Bonchev–Trinajstić information content (AvgIpc) is 2.89. The molecule has 0 radical (unpaired) electrons. The van der Waals surface area contributed by atoms with Crippen molar-refractivity contribution in [2.24, 2.45) is 0 Å². The number of hydrogen-bond acceptors (Lipinski definition) is 4. The number of anilines is 1. The molecule has 0 unspecified atom stereocenters. The van der Waals surface area contributed by atoms with Gasteiger partial charge in [0.2, 0.25) is 5.95 Å². The Morgan fingerprint density at radius 2 is 2.16 bits per heavy atom. The number of pyridine rings is 1. The summed E-state index contributed by atoms with van der Waals surface area (Å²) >= 11 is 1.99. The number of aromatic nitrogens is 3. The molecule has 1 aliphatic rings. The average molecular weight is 276 g/mol. The molecule has 2 aromatic rings. The lowest BCUT2D eigenvalue weighted by Gasteiger charge is -2.35. The molecular formula is C14H20N4S. The third-order valence-electron chi connectivity index (χ3n) is 4.01. The monoisotopic (exact) mass is 276 g/mol. The van der Waals surface area contributed by atoms with Crippen molar-refractivity contribution in [3.8, 4) is 0 Å². The van der Waals surface area contributed by atoms with E-state index in [0.717, 1.165) is 18.1 Å². The SMILES string of the molecule is CSC1(CNc2nc3ccccn3n2)CCCCC1. The van der Waals surface area contributed by atoms with Crippen LogP contribution in [-0.2, 0) is 0 Å². The highest BCUT2D eigenvalue weighted by Gasteiger charge is 2.31. The Morgan fingerprint density at radius 1 is 1.32 bits per heavy atom. The third kappa shape index (κ3) is 2.71. The summed E-state index contributed by atoms with van der Waals surface area (Å²) in [5.41, 5.74) is 0.895. The van der Waals surface area contributed by atoms with Crippen molar-refractivity contribution < 1.29 is 0 Å². The zero-order valence-corrected chi connectivity index (χ0v) is 12.1. The van der Waals surface area contributed by atoms with Crippen LogP contribution in [0, 0.1) is 0 Å². The van der Waals surface area contributed by atoms with Crippen LogP contribution in [0.5, 0.6) is 0 Å². The molecule has 2 aromatic heterocycles. The highest BCUT2D eigenvalue weighted by Crippen LogP contribution is 2.38. The summed E-state index contributed by atoms with van der Waals surface area (Å²) in [5.74, 6) is 0.741. The van der Waals surface area contributed by atoms with E-state index in [-0.39, 0.29) is 0 Å². The van der Waals surface area contributed by atoms with E-state index in [1.165, 1.54) is 32.1 Å². The van der Waals surface area contributed by atoms with E-state index < -0.39 is 0 Å². The van der Waals surface area contributed by atoms with E-state index in [1.807, 2.05) is 40.7 Å². The summed E-state index contributed by atoms with van der Waals surface area (Å²) in [5, 5.41) is 7.88. The zero-order valence-electron chi connectivity index (χ0n) is 11.3. The molecule has 0 aromatic carbocycles. The van der Waals surface area contributed by atoms with E-state index in [1.54, 1.807) is 0 Å². The molecule has 3 rings (SSSR count). The van der Waals surface area contributed by atoms with Gasteiger partial charge < -0.3 is 5.32 Å². The number of fused-ring (bicyclic) bond motifs is 1. The number of nitrogens with zero attached hydrogens (tertiary/aromatic N) is 3. The summed E-state index contributed by atoms with van der Waals surface area (Å²) in [7, 11) is 0. The maximum atomic E-state index is 4.49. The zero-order chi connectivity index (χ0) is 13.1. The van der Waals surface area contributed by atoms with E-state index in [4.69, 9.17) is 0 Å². The second-order valence-electron chi connectivity index (χ2n) is 5.24. The summed E-state index contributed by atoms with van der Waals surface area (Å²) in [4.78, 5) is 4.49. The molecule has 0 atom stereocenters.